The molecule has 0 saturated carbocycles. The quantitative estimate of drug-likeness (QED) is 0.322. The number of nitrogens with zero attached hydrogens (tertiary/aromatic N) is 1. The Labute approximate surface area is 111 Å². The van der Waals surface area contributed by atoms with Crippen molar-refractivity contribution in [3.8, 4) is 5.75 Å². The molecule has 0 aliphatic carbocycles. The molecule has 0 radical (unpaired) electrons. The van der Waals surface area contributed by atoms with Gasteiger partial charge >= 0.3 is 0 Å². The lowest BCUT2D eigenvalue weighted by Crippen LogP contribution is -2.31. The maximum Gasteiger partial charge on any atom is 0.276 e. The van der Waals surface area contributed by atoms with Crippen molar-refractivity contribution in [2.75, 3.05) is 19.7 Å². The smallest absolute Gasteiger partial charge is 0.276 e. The summed E-state index contributed by atoms with van der Waals surface area (Å²) in [4.78, 5) is 10.3. The Morgan fingerprint density at radius 2 is 2.37 bits per heavy atom. The van der Waals surface area contributed by atoms with E-state index in [1.165, 1.54) is 6.07 Å². The average molecular weight is 266 g/mol. The van der Waals surface area contributed by atoms with Crippen molar-refractivity contribution in [2.45, 2.75) is 13.0 Å². The Morgan fingerprint density at radius 3 is 3.00 bits per heavy atom. The molecule has 0 aliphatic rings. The first-order chi connectivity index (χ1) is 9.06. The fraction of sp³-hybridized carbons (Fsp3) is 0.385. The van der Waals surface area contributed by atoms with Gasteiger partial charge in [-0.15, -0.1) is 6.58 Å². The summed E-state index contributed by atoms with van der Waals surface area (Å²) in [6.07, 6.45) is 1.01. The van der Waals surface area contributed by atoms with Gasteiger partial charge in [0.1, 0.15) is 18.5 Å². The number of aliphatic hydroxyl groups excluding tert-OH is 1. The highest BCUT2D eigenvalue weighted by Crippen LogP contribution is 2.26. The Bertz CT molecular complexity index is 448. The van der Waals surface area contributed by atoms with Crippen LogP contribution in [0.5, 0.6) is 5.75 Å². The normalized spacial score (nSPS) is 11.9. The van der Waals surface area contributed by atoms with Crippen LogP contribution in [-0.2, 0) is 0 Å². The highest BCUT2D eigenvalue weighted by molar-refractivity contribution is 5.48. The van der Waals surface area contributed by atoms with Crippen LogP contribution in [0.1, 0.15) is 5.56 Å². The predicted molar refractivity (Wildman–Crippen MR) is 72.4 cm³/mol. The fourth-order valence-electron chi connectivity index (χ4n) is 1.55. The summed E-state index contributed by atoms with van der Waals surface area (Å²) in [5.41, 5.74) is 0.468. The zero-order valence-corrected chi connectivity index (χ0v) is 10.8. The topological polar surface area (TPSA) is 84.6 Å². The van der Waals surface area contributed by atoms with E-state index in [1.54, 1.807) is 25.1 Å². The lowest BCUT2D eigenvalue weighted by molar-refractivity contribution is -0.385. The van der Waals surface area contributed by atoms with Crippen molar-refractivity contribution in [1.82, 2.24) is 5.32 Å². The monoisotopic (exact) mass is 266 g/mol. The van der Waals surface area contributed by atoms with Crippen molar-refractivity contribution >= 4 is 5.69 Å². The van der Waals surface area contributed by atoms with Crippen LogP contribution in [0.4, 0.5) is 5.69 Å². The lowest BCUT2D eigenvalue weighted by Gasteiger charge is -2.14. The summed E-state index contributed by atoms with van der Waals surface area (Å²) in [6.45, 7) is 6.23. The summed E-state index contributed by atoms with van der Waals surface area (Å²) in [5.74, 6) is 0.414. The summed E-state index contributed by atoms with van der Waals surface area (Å²) < 4.78 is 5.40. The van der Waals surface area contributed by atoms with Crippen LogP contribution in [0.15, 0.2) is 30.9 Å². The van der Waals surface area contributed by atoms with Gasteiger partial charge in [-0.25, -0.2) is 0 Å². The van der Waals surface area contributed by atoms with E-state index in [4.69, 9.17) is 4.74 Å². The minimum absolute atomic E-state index is 0.0109. The second-order valence-corrected chi connectivity index (χ2v) is 4.07. The Balaban J connectivity index is 2.55. The first-order valence-corrected chi connectivity index (χ1v) is 5.92. The van der Waals surface area contributed by atoms with E-state index in [2.05, 4.69) is 11.9 Å². The second kappa shape index (κ2) is 7.50. The lowest BCUT2D eigenvalue weighted by atomic mass is 10.2. The number of benzene rings is 1. The molecule has 1 rings (SSSR count). The van der Waals surface area contributed by atoms with Crippen molar-refractivity contribution in [3.63, 3.8) is 0 Å². The van der Waals surface area contributed by atoms with Crippen LogP contribution in [0.2, 0.25) is 0 Å². The molecule has 0 spiro atoms. The summed E-state index contributed by atoms with van der Waals surface area (Å²) in [6, 6.07) is 4.62. The molecule has 1 aromatic rings. The van der Waals surface area contributed by atoms with Crippen LogP contribution >= 0.6 is 0 Å². The molecule has 2 N–H and O–H groups in total. The van der Waals surface area contributed by atoms with Gasteiger partial charge in [0.25, 0.3) is 5.69 Å². The van der Waals surface area contributed by atoms with Crippen LogP contribution in [-0.4, -0.2) is 35.8 Å². The average Bonchev–Trinajstić information content (AvgIpc) is 2.37. The highest BCUT2D eigenvalue weighted by atomic mass is 16.6. The van der Waals surface area contributed by atoms with Gasteiger partial charge < -0.3 is 15.2 Å². The third-order valence-electron chi connectivity index (χ3n) is 2.55. The number of nitro groups is 1. The van der Waals surface area contributed by atoms with E-state index >= 15 is 0 Å². The summed E-state index contributed by atoms with van der Waals surface area (Å²) in [5, 5.41) is 23.4. The molecule has 0 amide bonds. The molecule has 19 heavy (non-hydrogen) atoms. The van der Waals surface area contributed by atoms with E-state index in [9.17, 15) is 15.2 Å². The van der Waals surface area contributed by atoms with Crippen molar-refractivity contribution < 1.29 is 14.8 Å². The van der Waals surface area contributed by atoms with Crippen LogP contribution in [0.3, 0.4) is 0 Å². The van der Waals surface area contributed by atoms with Gasteiger partial charge in [-0.3, -0.25) is 10.1 Å². The van der Waals surface area contributed by atoms with E-state index < -0.39 is 11.0 Å². The zero-order chi connectivity index (χ0) is 14.3. The highest BCUT2D eigenvalue weighted by Gasteiger charge is 2.14. The minimum Gasteiger partial charge on any atom is -0.490 e. The molecular formula is C13H18N2O4. The summed E-state index contributed by atoms with van der Waals surface area (Å²) in [7, 11) is 0. The molecular weight excluding hydrogens is 248 g/mol. The number of ether oxygens (including phenoxy) is 1. The van der Waals surface area contributed by atoms with Gasteiger partial charge in [0.15, 0.2) is 0 Å². The number of aliphatic hydroxyl groups is 1. The van der Waals surface area contributed by atoms with Gasteiger partial charge in [-0.2, -0.15) is 0 Å². The largest absolute Gasteiger partial charge is 0.490 e. The number of nitrogens with one attached hydrogen (secondary N) is 1. The Morgan fingerprint density at radius 1 is 1.63 bits per heavy atom. The van der Waals surface area contributed by atoms with Gasteiger partial charge in [0.05, 0.1) is 10.5 Å². The van der Waals surface area contributed by atoms with E-state index in [-0.39, 0.29) is 12.3 Å². The Kier molecular flexibility index (Phi) is 5.98. The molecule has 104 valence electrons. The predicted octanol–water partition coefficient (Wildman–Crippen LogP) is 1.42. The molecule has 0 heterocycles. The molecule has 1 unspecified atom stereocenters. The molecule has 1 aromatic carbocycles. The van der Waals surface area contributed by atoms with Gasteiger partial charge in [0.2, 0.25) is 0 Å². The van der Waals surface area contributed by atoms with Crippen LogP contribution in [0, 0.1) is 17.0 Å². The maximum absolute atomic E-state index is 10.8. The zero-order valence-electron chi connectivity index (χ0n) is 10.8. The van der Waals surface area contributed by atoms with Crippen LogP contribution < -0.4 is 10.1 Å². The fourth-order valence-corrected chi connectivity index (χ4v) is 1.55. The molecule has 0 aliphatic heterocycles. The maximum atomic E-state index is 10.8. The second-order valence-electron chi connectivity index (χ2n) is 4.07. The number of nitro benzene ring substituents is 1. The van der Waals surface area contributed by atoms with E-state index in [0.717, 1.165) is 0 Å². The molecule has 0 fully saturated rings. The Hall–Kier alpha value is -1.92. The van der Waals surface area contributed by atoms with E-state index in [1.807, 2.05) is 0 Å². The van der Waals surface area contributed by atoms with E-state index in [0.29, 0.717) is 24.4 Å². The van der Waals surface area contributed by atoms with Gasteiger partial charge in [-0.1, -0.05) is 12.1 Å². The number of hydrogen-bond acceptors (Lipinski definition) is 5. The van der Waals surface area contributed by atoms with Crippen molar-refractivity contribution in [2.24, 2.45) is 0 Å². The molecule has 6 nitrogen and oxygen atoms in total. The van der Waals surface area contributed by atoms with Gasteiger partial charge in [0, 0.05) is 19.2 Å². The first kappa shape index (κ1) is 15.1. The SMILES string of the molecule is C=CCNCC(O)COc1cccc([N+](=O)[O-])c1C. The third-order valence-corrected chi connectivity index (χ3v) is 2.55. The first-order valence-electron chi connectivity index (χ1n) is 5.92. The molecule has 0 aromatic heterocycles. The third kappa shape index (κ3) is 4.69. The molecule has 0 bridgehead atoms. The van der Waals surface area contributed by atoms with Crippen molar-refractivity contribution in [1.29, 1.82) is 0 Å². The molecule has 0 saturated heterocycles. The molecule has 1 atom stereocenters. The standard InChI is InChI=1S/C13H18N2O4/c1-3-7-14-8-11(16)9-19-13-6-4-5-12(10(13)2)15(17)18/h3-6,11,14,16H,1,7-9H2,2H3. The number of rotatable bonds is 8. The molecule has 6 heteroatoms. The minimum atomic E-state index is -0.682. The van der Waals surface area contributed by atoms with Crippen LogP contribution in [0.25, 0.3) is 0 Å². The number of hydrogen-bond donors (Lipinski definition) is 2. The van der Waals surface area contributed by atoms with Gasteiger partial charge in [-0.05, 0) is 13.0 Å². The van der Waals surface area contributed by atoms with Crippen molar-refractivity contribution in [3.05, 3.63) is 46.5 Å². The summed E-state index contributed by atoms with van der Waals surface area (Å²) >= 11 is 0.